The maximum absolute atomic E-state index is 13.1. The van der Waals surface area contributed by atoms with E-state index < -0.39 is 97.5 Å². The predicted molar refractivity (Wildman–Crippen MR) is 377 cm³/mol. The van der Waals surface area contributed by atoms with Crippen LogP contribution >= 0.6 is 15.6 Å². The van der Waals surface area contributed by atoms with Crippen LogP contribution in [0.4, 0.5) is 0 Å². The molecule has 0 aliphatic heterocycles. The van der Waals surface area contributed by atoms with Crippen molar-refractivity contribution in [2.45, 2.75) is 406 Å². The lowest BCUT2D eigenvalue weighted by Gasteiger charge is -2.21. The fourth-order valence-electron chi connectivity index (χ4n) is 11.4. The molecular formula is C74H144O17P2. The van der Waals surface area contributed by atoms with Crippen LogP contribution in [0.25, 0.3) is 0 Å². The molecule has 0 aliphatic rings. The Morgan fingerprint density at radius 1 is 0.290 bits per heavy atom. The van der Waals surface area contributed by atoms with Crippen LogP contribution in [0, 0.1) is 5.92 Å². The summed E-state index contributed by atoms with van der Waals surface area (Å²) in [5.74, 6) is -1.37. The summed E-state index contributed by atoms with van der Waals surface area (Å²) in [6.45, 7) is 7.25. The molecule has 0 saturated carbocycles. The van der Waals surface area contributed by atoms with Gasteiger partial charge in [0.15, 0.2) is 12.2 Å². The maximum atomic E-state index is 13.1. The van der Waals surface area contributed by atoms with Gasteiger partial charge in [0.1, 0.15) is 19.3 Å². The van der Waals surface area contributed by atoms with E-state index in [0.29, 0.717) is 25.7 Å². The molecule has 0 bridgehead atoms. The predicted octanol–water partition coefficient (Wildman–Crippen LogP) is 21.7. The van der Waals surface area contributed by atoms with Crippen LogP contribution in [0.5, 0.6) is 0 Å². The van der Waals surface area contributed by atoms with Gasteiger partial charge in [-0.2, -0.15) is 0 Å². The van der Waals surface area contributed by atoms with E-state index in [1.807, 2.05) is 0 Å². The lowest BCUT2D eigenvalue weighted by atomic mass is 10.0. The van der Waals surface area contributed by atoms with Gasteiger partial charge >= 0.3 is 39.5 Å². The number of phosphoric acid groups is 2. The van der Waals surface area contributed by atoms with E-state index in [1.54, 1.807) is 0 Å². The fourth-order valence-corrected chi connectivity index (χ4v) is 12.9. The van der Waals surface area contributed by atoms with Crippen molar-refractivity contribution in [2.75, 3.05) is 39.6 Å². The van der Waals surface area contributed by atoms with Gasteiger partial charge in [-0.25, -0.2) is 9.13 Å². The minimum absolute atomic E-state index is 0.107. The topological polar surface area (TPSA) is 237 Å². The summed E-state index contributed by atoms with van der Waals surface area (Å²) in [5.41, 5.74) is 0. The Balaban J connectivity index is 5.21. The molecule has 0 aromatic heterocycles. The molecule has 0 aromatic rings. The summed E-state index contributed by atoms with van der Waals surface area (Å²) in [7, 11) is -9.90. The first-order valence-electron chi connectivity index (χ1n) is 38.6. The van der Waals surface area contributed by atoms with Gasteiger partial charge in [0, 0.05) is 25.7 Å². The number of esters is 4. The molecule has 0 saturated heterocycles. The molecule has 0 fully saturated rings. The molecule has 17 nitrogen and oxygen atoms in total. The standard InChI is InChI=1S/C74H144O17P2/c1-6-9-12-15-18-21-24-25-26-27-28-29-30-31-34-39-45-50-55-60-74(79)91-70(64-85-72(77)58-53-48-43-40-35-36-41-46-51-56-67(4)5)66-89-93(82,83)87-62-68(75)61-86-92(80,81)88-65-69(90-73(78)59-54-49-44-38-33-23-20-17-14-11-8-3)63-84-71(76)57-52-47-42-37-32-22-19-16-13-10-7-2/h67-70,75H,6-66H2,1-5H3,(H,80,81)(H,82,83)/t68-,69+,70+/m0/s1. The number of hydrogen-bond acceptors (Lipinski definition) is 15. The molecule has 3 N–H and O–H groups in total. The monoisotopic (exact) mass is 1370 g/mol. The van der Waals surface area contributed by atoms with Gasteiger partial charge < -0.3 is 33.8 Å². The normalized spacial score (nSPS) is 14.0. The molecule has 0 aliphatic carbocycles. The average molecular weight is 1370 g/mol. The summed E-state index contributed by atoms with van der Waals surface area (Å²) in [6, 6.07) is 0. The second-order valence-electron chi connectivity index (χ2n) is 27.2. The van der Waals surface area contributed by atoms with Crippen molar-refractivity contribution in [1.82, 2.24) is 0 Å². The van der Waals surface area contributed by atoms with Crippen molar-refractivity contribution in [3.05, 3.63) is 0 Å². The molecule has 0 heterocycles. The van der Waals surface area contributed by atoms with E-state index in [0.717, 1.165) is 95.8 Å². The summed E-state index contributed by atoms with van der Waals surface area (Å²) in [6.07, 6.45) is 55.4. The minimum atomic E-state index is -4.95. The zero-order chi connectivity index (χ0) is 68.4. The SMILES string of the molecule is CCCCCCCCCCCCCCCCCCCCCC(=O)O[C@H](COC(=O)CCCCCCCCCCCC(C)C)COP(=O)(O)OC[C@@H](O)COP(=O)(O)OC[C@@H](COC(=O)CCCCCCCCCCCCC)OC(=O)CCCCCCCCCCCCC. The number of carbonyl (C=O) groups is 4. The van der Waals surface area contributed by atoms with Crippen molar-refractivity contribution in [3.8, 4) is 0 Å². The van der Waals surface area contributed by atoms with Gasteiger partial charge in [0.05, 0.1) is 26.4 Å². The first-order valence-corrected chi connectivity index (χ1v) is 41.6. The molecule has 19 heteroatoms. The van der Waals surface area contributed by atoms with Crippen molar-refractivity contribution in [3.63, 3.8) is 0 Å². The third-order valence-corrected chi connectivity index (χ3v) is 19.2. The second kappa shape index (κ2) is 67.3. The Kier molecular flexibility index (Phi) is 65.9. The highest BCUT2D eigenvalue weighted by Gasteiger charge is 2.30. The molecule has 93 heavy (non-hydrogen) atoms. The van der Waals surface area contributed by atoms with Gasteiger partial charge in [0.25, 0.3) is 0 Å². The van der Waals surface area contributed by atoms with E-state index in [9.17, 15) is 43.2 Å². The number of ether oxygens (including phenoxy) is 4. The van der Waals surface area contributed by atoms with Crippen LogP contribution < -0.4 is 0 Å². The summed E-state index contributed by atoms with van der Waals surface area (Å²) in [4.78, 5) is 72.7. The number of carbonyl (C=O) groups excluding carboxylic acids is 4. The number of rotatable bonds is 74. The van der Waals surface area contributed by atoms with E-state index >= 15 is 0 Å². The summed E-state index contributed by atoms with van der Waals surface area (Å²) < 4.78 is 68.4. The first-order chi connectivity index (χ1) is 45.0. The highest BCUT2D eigenvalue weighted by molar-refractivity contribution is 7.47. The zero-order valence-corrected chi connectivity index (χ0v) is 62.2. The quantitative estimate of drug-likeness (QED) is 0.0222. The van der Waals surface area contributed by atoms with Gasteiger partial charge in [-0.3, -0.25) is 37.3 Å². The molecule has 0 aromatic carbocycles. The zero-order valence-electron chi connectivity index (χ0n) is 60.4. The van der Waals surface area contributed by atoms with Crippen molar-refractivity contribution in [2.24, 2.45) is 5.92 Å². The van der Waals surface area contributed by atoms with E-state index in [2.05, 4.69) is 34.6 Å². The fraction of sp³-hybridized carbons (Fsp3) is 0.946. The van der Waals surface area contributed by atoms with Gasteiger partial charge in [-0.05, 0) is 31.6 Å². The van der Waals surface area contributed by atoms with Crippen LogP contribution in [-0.4, -0.2) is 96.7 Å². The van der Waals surface area contributed by atoms with Crippen molar-refractivity contribution in [1.29, 1.82) is 0 Å². The minimum Gasteiger partial charge on any atom is -0.462 e. The Bertz CT molecular complexity index is 1790. The molecule has 0 radical (unpaired) electrons. The first kappa shape index (κ1) is 91.1. The van der Waals surface area contributed by atoms with Crippen LogP contribution in [0.15, 0.2) is 0 Å². The third kappa shape index (κ3) is 68.4. The van der Waals surface area contributed by atoms with Gasteiger partial charge in [-0.1, -0.05) is 336 Å². The van der Waals surface area contributed by atoms with Crippen LogP contribution in [0.1, 0.15) is 388 Å². The maximum Gasteiger partial charge on any atom is 0.472 e. The highest BCUT2D eigenvalue weighted by Crippen LogP contribution is 2.45. The number of phosphoric ester groups is 2. The molecule has 552 valence electrons. The van der Waals surface area contributed by atoms with Crippen LogP contribution in [0.2, 0.25) is 0 Å². The summed E-state index contributed by atoms with van der Waals surface area (Å²) in [5, 5.41) is 10.6. The molecule has 0 amide bonds. The molecule has 2 unspecified atom stereocenters. The Hall–Kier alpha value is -1.94. The Labute approximate surface area is 568 Å². The molecule has 0 spiro atoms. The second-order valence-corrected chi connectivity index (χ2v) is 30.1. The van der Waals surface area contributed by atoms with E-state index in [4.69, 9.17) is 37.0 Å². The number of unbranched alkanes of at least 4 members (excludes halogenated alkanes) is 46. The molecular weight excluding hydrogens is 1220 g/mol. The van der Waals surface area contributed by atoms with Crippen molar-refractivity contribution < 1.29 is 80.2 Å². The van der Waals surface area contributed by atoms with E-state index in [1.165, 1.54) is 212 Å². The smallest absolute Gasteiger partial charge is 0.462 e. The Morgan fingerprint density at radius 2 is 0.495 bits per heavy atom. The lowest BCUT2D eigenvalue weighted by molar-refractivity contribution is -0.161. The van der Waals surface area contributed by atoms with Gasteiger partial charge in [-0.15, -0.1) is 0 Å². The summed E-state index contributed by atoms with van der Waals surface area (Å²) >= 11 is 0. The van der Waals surface area contributed by atoms with Gasteiger partial charge in [0.2, 0.25) is 0 Å². The van der Waals surface area contributed by atoms with E-state index in [-0.39, 0.29) is 25.7 Å². The third-order valence-electron chi connectivity index (χ3n) is 17.3. The molecule has 5 atom stereocenters. The van der Waals surface area contributed by atoms with Crippen molar-refractivity contribution >= 4 is 39.5 Å². The molecule has 0 rings (SSSR count). The number of aliphatic hydroxyl groups is 1. The van der Waals surface area contributed by atoms with Crippen LogP contribution in [0.3, 0.4) is 0 Å². The average Bonchev–Trinajstić information content (AvgIpc) is 2.27. The number of aliphatic hydroxyl groups excluding tert-OH is 1. The highest BCUT2D eigenvalue weighted by atomic mass is 31.2. The largest absolute Gasteiger partial charge is 0.472 e. The van der Waals surface area contributed by atoms with Crippen LogP contribution in [-0.2, 0) is 65.4 Å². The Morgan fingerprint density at radius 3 is 0.731 bits per heavy atom. The number of hydrogen-bond donors (Lipinski definition) is 3. The lowest BCUT2D eigenvalue weighted by Crippen LogP contribution is -2.30.